The first-order valence-electron chi connectivity index (χ1n) is 5.14. The highest BCUT2D eigenvalue weighted by Gasteiger charge is 2.10. The highest BCUT2D eigenvalue weighted by molar-refractivity contribution is 5.69. The van der Waals surface area contributed by atoms with Crippen LogP contribution in [0, 0.1) is 11.3 Å². The normalized spacial score (nSPS) is 11.4. The molecule has 1 aromatic rings. The van der Waals surface area contributed by atoms with Crippen LogP contribution in [0.3, 0.4) is 0 Å². The number of aliphatic hydroxyl groups excluding tert-OH is 1. The molecule has 0 heterocycles. The highest BCUT2D eigenvalue weighted by atomic mass is 16.5. The number of hydrogen-bond acceptors (Lipinski definition) is 5. The number of nitrogens with zero attached hydrogens (tertiary/aromatic N) is 1. The quantitative estimate of drug-likeness (QED) is 0.739. The van der Waals surface area contributed by atoms with E-state index in [-0.39, 0.29) is 13.0 Å². The van der Waals surface area contributed by atoms with Crippen LogP contribution in [-0.2, 0) is 9.53 Å². The van der Waals surface area contributed by atoms with Crippen LogP contribution >= 0.6 is 0 Å². The average molecular weight is 234 g/mol. The second-order valence-corrected chi connectivity index (χ2v) is 3.51. The van der Waals surface area contributed by atoms with Crippen LogP contribution in [0.25, 0.3) is 0 Å². The van der Waals surface area contributed by atoms with Crippen LogP contribution in [-0.4, -0.2) is 30.8 Å². The zero-order valence-electron chi connectivity index (χ0n) is 9.51. The van der Waals surface area contributed by atoms with Crippen molar-refractivity contribution in [3.63, 3.8) is 0 Å². The molecule has 1 unspecified atom stereocenters. The number of aliphatic hydroxyl groups is 1. The molecule has 0 saturated heterocycles. The molecular formula is C12H14N2O3. The topological polar surface area (TPSA) is 82.3 Å². The summed E-state index contributed by atoms with van der Waals surface area (Å²) < 4.78 is 4.44. The average Bonchev–Trinajstić information content (AvgIpc) is 2.36. The van der Waals surface area contributed by atoms with Gasteiger partial charge in [-0.05, 0) is 18.2 Å². The summed E-state index contributed by atoms with van der Waals surface area (Å²) in [4.78, 5) is 10.9. The molecule has 0 aliphatic carbocycles. The Hall–Kier alpha value is -2.06. The largest absolute Gasteiger partial charge is 0.469 e. The number of rotatable bonds is 5. The van der Waals surface area contributed by atoms with Gasteiger partial charge in [0.2, 0.25) is 0 Å². The molecule has 0 spiro atoms. The van der Waals surface area contributed by atoms with Crippen molar-refractivity contribution < 1.29 is 14.6 Å². The van der Waals surface area contributed by atoms with Crippen LogP contribution in [0.15, 0.2) is 24.3 Å². The molecule has 0 bridgehead atoms. The Labute approximate surface area is 99.6 Å². The van der Waals surface area contributed by atoms with Gasteiger partial charge >= 0.3 is 5.97 Å². The van der Waals surface area contributed by atoms with Crippen molar-refractivity contribution in [3.8, 4) is 6.07 Å². The van der Waals surface area contributed by atoms with E-state index in [1.165, 1.54) is 7.11 Å². The Bertz CT molecular complexity index is 426. The third-order valence-corrected chi connectivity index (χ3v) is 2.16. The Morgan fingerprint density at radius 3 is 3.06 bits per heavy atom. The summed E-state index contributed by atoms with van der Waals surface area (Å²) in [5, 5.41) is 21.2. The molecule has 1 aromatic carbocycles. The summed E-state index contributed by atoms with van der Waals surface area (Å²) >= 11 is 0. The minimum atomic E-state index is -0.812. The first-order valence-corrected chi connectivity index (χ1v) is 5.14. The van der Waals surface area contributed by atoms with Gasteiger partial charge in [0.15, 0.2) is 0 Å². The number of esters is 1. The standard InChI is InChI=1S/C12H14N2O3/c1-17-12(16)6-11(15)8-14-10-4-2-3-9(5-10)7-13/h2-5,11,14-15H,6,8H2,1H3. The fourth-order valence-corrected chi connectivity index (χ4v) is 1.28. The third-order valence-electron chi connectivity index (χ3n) is 2.16. The fourth-order valence-electron chi connectivity index (χ4n) is 1.28. The second kappa shape index (κ2) is 6.51. The van der Waals surface area contributed by atoms with Gasteiger partial charge in [0.1, 0.15) is 0 Å². The lowest BCUT2D eigenvalue weighted by Gasteiger charge is -2.11. The van der Waals surface area contributed by atoms with Gasteiger partial charge in [-0.15, -0.1) is 0 Å². The molecule has 0 aliphatic rings. The minimum absolute atomic E-state index is 0.0541. The summed E-state index contributed by atoms with van der Waals surface area (Å²) in [7, 11) is 1.28. The first kappa shape index (κ1) is 13.0. The van der Waals surface area contributed by atoms with Gasteiger partial charge in [-0.2, -0.15) is 5.26 Å². The molecule has 0 saturated carbocycles. The van der Waals surface area contributed by atoms with Crippen molar-refractivity contribution in [1.29, 1.82) is 5.26 Å². The lowest BCUT2D eigenvalue weighted by molar-refractivity contribution is -0.142. The van der Waals surface area contributed by atoms with Gasteiger partial charge in [-0.1, -0.05) is 6.07 Å². The Morgan fingerprint density at radius 1 is 1.65 bits per heavy atom. The van der Waals surface area contributed by atoms with E-state index in [2.05, 4.69) is 10.1 Å². The number of nitrogens with one attached hydrogen (secondary N) is 1. The van der Waals surface area contributed by atoms with Crippen molar-refractivity contribution in [2.45, 2.75) is 12.5 Å². The summed E-state index contributed by atoms with van der Waals surface area (Å²) in [5.41, 5.74) is 1.27. The molecule has 90 valence electrons. The van der Waals surface area contributed by atoms with Crippen LogP contribution in [0.1, 0.15) is 12.0 Å². The molecule has 1 atom stereocenters. The highest BCUT2D eigenvalue weighted by Crippen LogP contribution is 2.09. The Kier molecular flexibility index (Phi) is 4.98. The third kappa shape index (κ3) is 4.53. The summed E-state index contributed by atoms with van der Waals surface area (Å²) in [6.45, 7) is 0.226. The van der Waals surface area contributed by atoms with Crippen molar-refractivity contribution in [3.05, 3.63) is 29.8 Å². The number of methoxy groups -OCH3 is 1. The van der Waals surface area contributed by atoms with Crippen LogP contribution in [0.4, 0.5) is 5.69 Å². The van der Waals surface area contributed by atoms with E-state index in [1.54, 1.807) is 24.3 Å². The molecule has 0 aromatic heterocycles. The number of hydrogen-bond donors (Lipinski definition) is 2. The van der Waals surface area contributed by atoms with Gasteiger partial charge in [-0.3, -0.25) is 4.79 Å². The van der Waals surface area contributed by atoms with E-state index in [4.69, 9.17) is 5.26 Å². The van der Waals surface area contributed by atoms with Crippen LogP contribution in [0.2, 0.25) is 0 Å². The molecule has 0 radical (unpaired) electrons. The molecule has 0 aliphatic heterocycles. The molecule has 0 fully saturated rings. The van der Waals surface area contributed by atoms with Crippen molar-refractivity contribution >= 4 is 11.7 Å². The molecule has 2 N–H and O–H groups in total. The van der Waals surface area contributed by atoms with Crippen molar-refractivity contribution in [1.82, 2.24) is 0 Å². The fraction of sp³-hybridized carbons (Fsp3) is 0.333. The summed E-state index contributed by atoms with van der Waals surface area (Å²) in [6.07, 6.45) is -0.866. The maximum atomic E-state index is 10.9. The van der Waals surface area contributed by atoms with Gasteiger partial charge in [-0.25, -0.2) is 0 Å². The monoisotopic (exact) mass is 234 g/mol. The lowest BCUT2D eigenvalue weighted by atomic mass is 10.2. The zero-order chi connectivity index (χ0) is 12.7. The molecule has 1 rings (SSSR count). The Morgan fingerprint density at radius 2 is 2.41 bits per heavy atom. The van der Waals surface area contributed by atoms with Gasteiger partial charge in [0.25, 0.3) is 0 Å². The van der Waals surface area contributed by atoms with Gasteiger partial charge in [0.05, 0.1) is 31.3 Å². The molecule has 0 amide bonds. The SMILES string of the molecule is COC(=O)CC(O)CNc1cccc(C#N)c1. The summed E-state index contributed by atoms with van der Waals surface area (Å²) in [6, 6.07) is 8.91. The predicted octanol–water partition coefficient (Wildman–Crippen LogP) is 0.894. The Balaban J connectivity index is 2.44. The molecule has 5 nitrogen and oxygen atoms in total. The van der Waals surface area contributed by atoms with Crippen LogP contribution < -0.4 is 5.32 Å². The number of anilines is 1. The molecular weight excluding hydrogens is 220 g/mol. The molecule has 5 heteroatoms. The van der Waals surface area contributed by atoms with Crippen LogP contribution in [0.5, 0.6) is 0 Å². The minimum Gasteiger partial charge on any atom is -0.469 e. The van der Waals surface area contributed by atoms with E-state index >= 15 is 0 Å². The number of benzene rings is 1. The van der Waals surface area contributed by atoms with Crippen molar-refractivity contribution in [2.75, 3.05) is 19.0 Å². The van der Waals surface area contributed by atoms with Gasteiger partial charge < -0.3 is 15.2 Å². The zero-order valence-corrected chi connectivity index (χ0v) is 9.51. The van der Waals surface area contributed by atoms with E-state index in [0.29, 0.717) is 5.56 Å². The smallest absolute Gasteiger partial charge is 0.308 e. The summed E-state index contributed by atoms with van der Waals surface area (Å²) in [5.74, 6) is -0.454. The number of nitriles is 1. The second-order valence-electron chi connectivity index (χ2n) is 3.51. The van der Waals surface area contributed by atoms with E-state index in [9.17, 15) is 9.90 Å². The maximum Gasteiger partial charge on any atom is 0.308 e. The number of ether oxygens (including phenoxy) is 1. The van der Waals surface area contributed by atoms with E-state index in [1.807, 2.05) is 6.07 Å². The number of carbonyl (C=O) groups excluding carboxylic acids is 1. The van der Waals surface area contributed by atoms with Crippen molar-refractivity contribution in [2.24, 2.45) is 0 Å². The van der Waals surface area contributed by atoms with Gasteiger partial charge in [0, 0.05) is 12.2 Å². The van der Waals surface area contributed by atoms with E-state index in [0.717, 1.165) is 5.69 Å². The maximum absolute atomic E-state index is 10.9. The lowest BCUT2D eigenvalue weighted by Crippen LogP contribution is -2.23. The predicted molar refractivity (Wildman–Crippen MR) is 62.3 cm³/mol. The number of carbonyl (C=O) groups is 1. The van der Waals surface area contributed by atoms with E-state index < -0.39 is 12.1 Å². The molecule has 17 heavy (non-hydrogen) atoms. The first-order chi connectivity index (χ1) is 8.15.